The van der Waals surface area contributed by atoms with Gasteiger partial charge in [0, 0.05) is 11.8 Å². The van der Waals surface area contributed by atoms with E-state index < -0.39 is 34.9 Å². The molecule has 1 aromatic carbocycles. The first-order valence-electron chi connectivity index (χ1n) is 5.52. The van der Waals surface area contributed by atoms with Gasteiger partial charge < -0.3 is 10.4 Å². The van der Waals surface area contributed by atoms with Crippen LogP contribution in [0.2, 0.25) is 0 Å². The molecule has 21 heavy (non-hydrogen) atoms. The summed E-state index contributed by atoms with van der Waals surface area (Å²) < 4.78 is 38.8. The number of carboxylic acid groups (broad SMARTS) is 1. The highest BCUT2D eigenvalue weighted by Gasteiger charge is 2.15. The van der Waals surface area contributed by atoms with Crippen molar-refractivity contribution in [1.29, 1.82) is 0 Å². The van der Waals surface area contributed by atoms with E-state index in [1.54, 1.807) is 0 Å². The highest BCUT2D eigenvalue weighted by molar-refractivity contribution is 6.04. The van der Waals surface area contributed by atoms with E-state index in [9.17, 15) is 22.8 Å². The Bertz CT molecular complexity index is 711. The van der Waals surface area contributed by atoms with E-state index in [1.165, 1.54) is 0 Å². The molecule has 8 heteroatoms. The van der Waals surface area contributed by atoms with Crippen molar-refractivity contribution in [1.82, 2.24) is 4.98 Å². The van der Waals surface area contributed by atoms with Gasteiger partial charge in [0.2, 0.25) is 0 Å². The second kappa shape index (κ2) is 5.61. The summed E-state index contributed by atoms with van der Waals surface area (Å²) >= 11 is 0. The molecule has 2 N–H and O–H groups in total. The molecule has 0 unspecified atom stereocenters. The van der Waals surface area contributed by atoms with Gasteiger partial charge in [-0.2, -0.15) is 0 Å². The van der Waals surface area contributed by atoms with Crippen molar-refractivity contribution in [2.45, 2.75) is 0 Å². The number of hydrogen-bond donors (Lipinski definition) is 2. The zero-order valence-corrected chi connectivity index (χ0v) is 10.2. The van der Waals surface area contributed by atoms with E-state index in [2.05, 4.69) is 10.3 Å². The first-order valence-corrected chi connectivity index (χ1v) is 5.52. The van der Waals surface area contributed by atoms with Crippen molar-refractivity contribution in [3.63, 3.8) is 0 Å². The highest BCUT2D eigenvalue weighted by Crippen LogP contribution is 2.16. The van der Waals surface area contributed by atoms with Gasteiger partial charge in [0.1, 0.15) is 0 Å². The Kier molecular flexibility index (Phi) is 3.88. The third-order valence-electron chi connectivity index (χ3n) is 2.49. The fourth-order valence-electron chi connectivity index (χ4n) is 1.52. The van der Waals surface area contributed by atoms with Crippen LogP contribution < -0.4 is 5.32 Å². The lowest BCUT2D eigenvalue weighted by molar-refractivity contribution is 0.0696. The topological polar surface area (TPSA) is 79.3 Å². The van der Waals surface area contributed by atoms with Gasteiger partial charge in [-0.15, -0.1) is 0 Å². The SMILES string of the molecule is O=C(O)c1cncc(NC(=O)c2cc(F)c(F)c(F)c2)c1. The number of nitrogens with zero attached hydrogens (tertiary/aromatic N) is 1. The molecule has 0 aliphatic carbocycles. The van der Waals surface area contributed by atoms with Gasteiger partial charge in [0.15, 0.2) is 17.5 Å². The number of amides is 1. The molecular formula is C13H7F3N2O3. The molecule has 1 amide bonds. The second-order valence-corrected chi connectivity index (χ2v) is 3.98. The van der Waals surface area contributed by atoms with E-state index in [0.29, 0.717) is 12.1 Å². The van der Waals surface area contributed by atoms with E-state index >= 15 is 0 Å². The van der Waals surface area contributed by atoms with Crippen molar-refractivity contribution < 1.29 is 27.9 Å². The van der Waals surface area contributed by atoms with Crippen molar-refractivity contribution >= 4 is 17.6 Å². The summed E-state index contributed by atoms with van der Waals surface area (Å²) in [7, 11) is 0. The average Bonchev–Trinajstić information content (AvgIpc) is 2.44. The van der Waals surface area contributed by atoms with Gasteiger partial charge in [0.25, 0.3) is 5.91 Å². The maximum Gasteiger partial charge on any atom is 0.337 e. The minimum atomic E-state index is -1.68. The lowest BCUT2D eigenvalue weighted by atomic mass is 10.2. The van der Waals surface area contributed by atoms with Crippen molar-refractivity contribution in [3.05, 3.63) is 59.2 Å². The van der Waals surface area contributed by atoms with Crippen LogP contribution in [0.1, 0.15) is 20.7 Å². The number of carboxylic acids is 1. The van der Waals surface area contributed by atoms with Crippen LogP contribution in [-0.4, -0.2) is 22.0 Å². The number of aromatic carboxylic acids is 1. The number of carbonyl (C=O) groups is 2. The maximum atomic E-state index is 13.0. The summed E-state index contributed by atoms with van der Waals surface area (Å²) in [6, 6.07) is 2.17. The number of hydrogen-bond acceptors (Lipinski definition) is 3. The Balaban J connectivity index is 2.26. The Morgan fingerprint density at radius 3 is 2.19 bits per heavy atom. The molecule has 2 aromatic rings. The number of rotatable bonds is 3. The van der Waals surface area contributed by atoms with Crippen LogP contribution >= 0.6 is 0 Å². The molecule has 0 aliphatic heterocycles. The number of benzene rings is 1. The number of halogens is 3. The number of pyridine rings is 1. The molecule has 0 fully saturated rings. The molecule has 1 heterocycles. The van der Waals surface area contributed by atoms with Crippen LogP contribution in [0.4, 0.5) is 18.9 Å². The summed E-state index contributed by atoms with van der Waals surface area (Å²) in [4.78, 5) is 26.1. The molecule has 0 atom stereocenters. The molecule has 5 nitrogen and oxygen atoms in total. The fourth-order valence-corrected chi connectivity index (χ4v) is 1.52. The highest BCUT2D eigenvalue weighted by atomic mass is 19.2. The lowest BCUT2D eigenvalue weighted by Crippen LogP contribution is -2.14. The number of anilines is 1. The summed E-state index contributed by atoms with van der Waals surface area (Å²) in [5.74, 6) is -6.87. The smallest absolute Gasteiger partial charge is 0.337 e. The van der Waals surface area contributed by atoms with Crippen molar-refractivity contribution in [2.75, 3.05) is 5.32 Å². The first kappa shape index (κ1) is 14.5. The molecule has 0 spiro atoms. The monoisotopic (exact) mass is 296 g/mol. The number of aromatic nitrogens is 1. The lowest BCUT2D eigenvalue weighted by Gasteiger charge is -2.06. The van der Waals surface area contributed by atoms with Crippen LogP contribution in [0.25, 0.3) is 0 Å². The van der Waals surface area contributed by atoms with Crippen molar-refractivity contribution in [2.24, 2.45) is 0 Å². The maximum absolute atomic E-state index is 13.0. The molecule has 0 saturated carbocycles. The van der Waals surface area contributed by atoms with E-state index in [-0.39, 0.29) is 11.3 Å². The fraction of sp³-hybridized carbons (Fsp3) is 0. The molecule has 108 valence electrons. The third-order valence-corrected chi connectivity index (χ3v) is 2.49. The third kappa shape index (κ3) is 3.16. The Morgan fingerprint density at radius 1 is 1.00 bits per heavy atom. The molecule has 0 aliphatic rings. The largest absolute Gasteiger partial charge is 0.478 e. The van der Waals surface area contributed by atoms with Crippen LogP contribution in [0.5, 0.6) is 0 Å². The van der Waals surface area contributed by atoms with Crippen molar-refractivity contribution in [3.8, 4) is 0 Å². The Hall–Kier alpha value is -2.90. The minimum absolute atomic E-state index is 0.0186. The van der Waals surface area contributed by atoms with Gasteiger partial charge in [-0.1, -0.05) is 0 Å². The van der Waals surface area contributed by atoms with Gasteiger partial charge in [-0.05, 0) is 18.2 Å². The van der Waals surface area contributed by atoms with Gasteiger partial charge in [-0.3, -0.25) is 9.78 Å². The summed E-state index contributed by atoms with van der Waals surface area (Å²) in [6.45, 7) is 0. The molecule has 0 saturated heterocycles. The summed E-state index contributed by atoms with van der Waals surface area (Å²) in [6.07, 6.45) is 2.22. The molecule has 2 rings (SSSR count). The Morgan fingerprint density at radius 2 is 1.62 bits per heavy atom. The standard InChI is InChI=1S/C13H7F3N2O3/c14-9-2-6(3-10(15)11(9)16)12(19)18-8-1-7(13(20)21)4-17-5-8/h1-5H,(H,18,19)(H,20,21). The molecule has 0 bridgehead atoms. The second-order valence-electron chi connectivity index (χ2n) is 3.98. The summed E-state index contributed by atoms with van der Waals surface area (Å²) in [5.41, 5.74) is -0.610. The van der Waals surface area contributed by atoms with Crippen LogP contribution in [0, 0.1) is 17.5 Å². The summed E-state index contributed by atoms with van der Waals surface area (Å²) in [5, 5.41) is 11.0. The molecular weight excluding hydrogens is 289 g/mol. The van der Waals surface area contributed by atoms with E-state index in [4.69, 9.17) is 5.11 Å². The van der Waals surface area contributed by atoms with Crippen LogP contribution in [-0.2, 0) is 0 Å². The Labute approximate surface area is 116 Å². The average molecular weight is 296 g/mol. The predicted octanol–water partition coefficient (Wildman–Crippen LogP) is 2.45. The molecule has 0 radical (unpaired) electrons. The van der Waals surface area contributed by atoms with E-state index in [0.717, 1.165) is 18.5 Å². The van der Waals surface area contributed by atoms with Crippen LogP contribution in [0.3, 0.4) is 0 Å². The number of nitrogens with one attached hydrogen (secondary N) is 1. The van der Waals surface area contributed by atoms with Gasteiger partial charge >= 0.3 is 5.97 Å². The van der Waals surface area contributed by atoms with Gasteiger partial charge in [-0.25, -0.2) is 18.0 Å². The van der Waals surface area contributed by atoms with Crippen LogP contribution in [0.15, 0.2) is 30.6 Å². The predicted molar refractivity (Wildman–Crippen MR) is 65.5 cm³/mol. The van der Waals surface area contributed by atoms with E-state index in [1.807, 2.05) is 0 Å². The number of carbonyl (C=O) groups excluding carboxylic acids is 1. The minimum Gasteiger partial charge on any atom is -0.478 e. The zero-order valence-electron chi connectivity index (χ0n) is 10.2. The normalized spacial score (nSPS) is 10.2. The first-order chi connectivity index (χ1) is 9.88. The zero-order chi connectivity index (χ0) is 15.6. The molecule has 1 aromatic heterocycles. The van der Waals surface area contributed by atoms with Gasteiger partial charge in [0.05, 0.1) is 17.4 Å². The quantitative estimate of drug-likeness (QED) is 0.853.